The molecule has 0 fully saturated rings. The van der Waals surface area contributed by atoms with Crippen molar-refractivity contribution in [3.05, 3.63) is 77.9 Å². The predicted molar refractivity (Wildman–Crippen MR) is 92.2 cm³/mol. The summed E-state index contributed by atoms with van der Waals surface area (Å²) >= 11 is 0. The van der Waals surface area contributed by atoms with Crippen molar-refractivity contribution in [1.82, 2.24) is 0 Å². The summed E-state index contributed by atoms with van der Waals surface area (Å²) in [7, 11) is 1.67. The van der Waals surface area contributed by atoms with E-state index in [-0.39, 0.29) is 0 Å². The highest BCUT2D eigenvalue weighted by atomic mass is 16.5. The molecule has 0 saturated carbocycles. The van der Waals surface area contributed by atoms with E-state index in [1.807, 2.05) is 30.3 Å². The number of allylic oxidation sites excluding steroid dienone is 1. The third-order valence-electron chi connectivity index (χ3n) is 3.28. The highest BCUT2D eigenvalue weighted by molar-refractivity contribution is 5.28. The number of ether oxygens (including phenoxy) is 1. The number of hydrogen-bond donors (Lipinski definition) is 0. The van der Waals surface area contributed by atoms with Gasteiger partial charge >= 0.3 is 0 Å². The summed E-state index contributed by atoms with van der Waals surface area (Å²) in [6.45, 7) is 10.2. The molecule has 0 spiro atoms. The van der Waals surface area contributed by atoms with Crippen LogP contribution in [0.5, 0.6) is 5.75 Å². The van der Waals surface area contributed by atoms with Crippen LogP contribution in [0.3, 0.4) is 0 Å². The lowest BCUT2D eigenvalue weighted by molar-refractivity contribution is 0.414. The van der Waals surface area contributed by atoms with Crippen molar-refractivity contribution in [2.24, 2.45) is 0 Å². The van der Waals surface area contributed by atoms with Crippen molar-refractivity contribution >= 4 is 0 Å². The van der Waals surface area contributed by atoms with Gasteiger partial charge in [0.05, 0.1) is 7.11 Å². The number of aryl methyl sites for hydroxylation is 1. The summed E-state index contributed by atoms with van der Waals surface area (Å²) in [6, 6.07) is 16.7. The van der Waals surface area contributed by atoms with Crippen molar-refractivity contribution in [3.63, 3.8) is 0 Å². The van der Waals surface area contributed by atoms with Crippen LogP contribution in [0.25, 0.3) is 0 Å². The van der Waals surface area contributed by atoms with E-state index >= 15 is 0 Å². The normalized spacial score (nSPS) is 9.76. The van der Waals surface area contributed by atoms with Gasteiger partial charge in [-0.15, -0.1) is 6.58 Å². The molecule has 0 atom stereocenters. The molecule has 0 aromatic heterocycles. The van der Waals surface area contributed by atoms with Gasteiger partial charge in [0.25, 0.3) is 0 Å². The first-order chi connectivity index (χ1) is 10.1. The fourth-order valence-corrected chi connectivity index (χ4v) is 1.88. The average Bonchev–Trinajstić information content (AvgIpc) is 2.49. The Morgan fingerprint density at radius 3 is 2.00 bits per heavy atom. The maximum absolute atomic E-state index is 5.02. The molecule has 0 saturated heterocycles. The Kier molecular flexibility index (Phi) is 7.31. The summed E-state index contributed by atoms with van der Waals surface area (Å²) in [5, 5.41) is 0. The van der Waals surface area contributed by atoms with Crippen LogP contribution < -0.4 is 4.74 Å². The van der Waals surface area contributed by atoms with Gasteiger partial charge in [0.2, 0.25) is 0 Å². The smallest absolute Gasteiger partial charge is 0.118 e. The van der Waals surface area contributed by atoms with Gasteiger partial charge in [-0.05, 0) is 42.5 Å². The molecule has 112 valence electrons. The summed E-state index contributed by atoms with van der Waals surface area (Å²) in [4.78, 5) is 0. The zero-order valence-corrected chi connectivity index (χ0v) is 13.6. The van der Waals surface area contributed by atoms with Crippen molar-refractivity contribution in [2.75, 3.05) is 7.11 Å². The van der Waals surface area contributed by atoms with Crippen molar-refractivity contribution in [2.45, 2.75) is 33.1 Å². The van der Waals surface area contributed by atoms with Crippen molar-refractivity contribution < 1.29 is 4.74 Å². The first-order valence-corrected chi connectivity index (χ1v) is 7.37. The number of methoxy groups -OCH3 is 1. The Hall–Kier alpha value is -2.02. The lowest BCUT2D eigenvalue weighted by Gasteiger charge is -2.03. The Morgan fingerprint density at radius 1 is 1.00 bits per heavy atom. The molecule has 0 radical (unpaired) electrons. The molecule has 0 aliphatic carbocycles. The van der Waals surface area contributed by atoms with E-state index in [2.05, 4.69) is 51.6 Å². The Bertz CT molecular complexity index is 521. The molecule has 21 heavy (non-hydrogen) atoms. The molecule has 0 amide bonds. The van der Waals surface area contributed by atoms with Gasteiger partial charge in [-0.2, -0.15) is 0 Å². The zero-order valence-electron chi connectivity index (χ0n) is 13.6. The topological polar surface area (TPSA) is 9.23 Å². The van der Waals surface area contributed by atoms with Crippen LogP contribution in [0.15, 0.2) is 61.2 Å². The second-order valence-electron chi connectivity index (χ2n) is 5.41. The molecule has 0 bridgehead atoms. The Morgan fingerprint density at radius 2 is 1.57 bits per heavy atom. The maximum Gasteiger partial charge on any atom is 0.118 e. The highest BCUT2D eigenvalue weighted by Crippen LogP contribution is 2.13. The Balaban J connectivity index is 0.000000211. The largest absolute Gasteiger partial charge is 0.497 e. The van der Waals surface area contributed by atoms with E-state index < -0.39 is 0 Å². The number of hydrogen-bond acceptors (Lipinski definition) is 1. The van der Waals surface area contributed by atoms with Gasteiger partial charge in [0, 0.05) is 0 Å². The molecule has 2 rings (SSSR count). The fraction of sp³-hybridized carbons (Fsp3) is 0.300. The molecule has 0 unspecified atom stereocenters. The van der Waals surface area contributed by atoms with Crippen LogP contribution in [0.4, 0.5) is 0 Å². The predicted octanol–water partition coefficient (Wildman–Crippen LogP) is 5.54. The minimum Gasteiger partial charge on any atom is -0.497 e. The van der Waals surface area contributed by atoms with Crippen LogP contribution in [0, 0.1) is 6.92 Å². The van der Waals surface area contributed by atoms with Gasteiger partial charge in [-0.25, -0.2) is 0 Å². The summed E-state index contributed by atoms with van der Waals surface area (Å²) in [5.74, 6) is 1.55. The van der Waals surface area contributed by atoms with Crippen LogP contribution in [0.2, 0.25) is 0 Å². The first kappa shape index (κ1) is 17.0. The van der Waals surface area contributed by atoms with E-state index in [0.717, 1.165) is 12.2 Å². The molecule has 2 aromatic carbocycles. The molecular weight excluding hydrogens is 256 g/mol. The highest BCUT2D eigenvalue weighted by Gasteiger charge is 1.95. The third kappa shape index (κ3) is 6.31. The molecule has 1 heteroatoms. The van der Waals surface area contributed by atoms with E-state index in [1.54, 1.807) is 7.11 Å². The number of benzene rings is 2. The van der Waals surface area contributed by atoms with Gasteiger partial charge in [-0.3, -0.25) is 0 Å². The van der Waals surface area contributed by atoms with Crippen molar-refractivity contribution in [3.8, 4) is 5.75 Å². The van der Waals surface area contributed by atoms with Crippen LogP contribution >= 0.6 is 0 Å². The minimum atomic E-state index is 0.653. The maximum atomic E-state index is 5.02. The van der Waals surface area contributed by atoms with Gasteiger partial charge < -0.3 is 4.74 Å². The van der Waals surface area contributed by atoms with Crippen LogP contribution in [-0.4, -0.2) is 7.11 Å². The zero-order chi connectivity index (χ0) is 15.7. The SMILES string of the molecule is C=CCc1ccc(OC)cc1.Cc1ccc(C(C)C)cc1. The van der Waals surface area contributed by atoms with Gasteiger partial charge in [-0.1, -0.05) is 61.9 Å². The van der Waals surface area contributed by atoms with Gasteiger partial charge in [0.15, 0.2) is 0 Å². The monoisotopic (exact) mass is 282 g/mol. The summed E-state index contributed by atoms with van der Waals surface area (Å²) in [6.07, 6.45) is 2.81. The van der Waals surface area contributed by atoms with Crippen molar-refractivity contribution in [1.29, 1.82) is 0 Å². The lowest BCUT2D eigenvalue weighted by Crippen LogP contribution is -1.85. The van der Waals surface area contributed by atoms with E-state index in [1.165, 1.54) is 16.7 Å². The van der Waals surface area contributed by atoms with E-state index in [4.69, 9.17) is 4.74 Å². The Labute approximate surface area is 129 Å². The van der Waals surface area contributed by atoms with Crippen LogP contribution in [-0.2, 0) is 6.42 Å². The second kappa shape index (κ2) is 9.02. The number of rotatable bonds is 4. The standard InChI is InChI=1S/C10H12O.C10H14/c1-3-4-9-5-7-10(11-2)8-6-9;1-8(2)10-6-4-9(3)5-7-10/h3,5-8H,1,4H2,2H3;4-8H,1-3H3. The summed E-state index contributed by atoms with van der Waals surface area (Å²) < 4.78 is 5.02. The lowest BCUT2D eigenvalue weighted by atomic mass is 10.0. The molecule has 0 aliphatic rings. The molecule has 1 nitrogen and oxygen atoms in total. The summed E-state index contributed by atoms with van der Waals surface area (Å²) in [5.41, 5.74) is 4.02. The molecule has 0 heterocycles. The molecule has 0 N–H and O–H groups in total. The minimum absolute atomic E-state index is 0.653. The molecule has 0 aliphatic heterocycles. The fourth-order valence-electron chi connectivity index (χ4n) is 1.88. The van der Waals surface area contributed by atoms with Crippen LogP contribution in [0.1, 0.15) is 36.5 Å². The quantitative estimate of drug-likeness (QED) is 0.669. The van der Waals surface area contributed by atoms with E-state index in [9.17, 15) is 0 Å². The third-order valence-corrected chi connectivity index (χ3v) is 3.28. The second-order valence-corrected chi connectivity index (χ2v) is 5.41. The van der Waals surface area contributed by atoms with E-state index in [0.29, 0.717) is 5.92 Å². The molecule has 2 aromatic rings. The van der Waals surface area contributed by atoms with Gasteiger partial charge in [0.1, 0.15) is 5.75 Å². The molecular formula is C20H26O. The average molecular weight is 282 g/mol. The first-order valence-electron chi connectivity index (χ1n) is 7.37.